The first-order valence-electron chi connectivity index (χ1n) is 10.8. The van der Waals surface area contributed by atoms with Crippen LogP contribution in [0.3, 0.4) is 0 Å². The highest BCUT2D eigenvalue weighted by Gasteiger charge is 2.62. The number of nitrogens with one attached hydrogen (secondary N) is 1. The lowest BCUT2D eigenvalue weighted by molar-refractivity contribution is -0.164. The molecule has 0 saturated heterocycles. The van der Waals surface area contributed by atoms with Crippen molar-refractivity contribution >= 4 is 0 Å². The highest BCUT2D eigenvalue weighted by atomic mass is 16.3. The van der Waals surface area contributed by atoms with Crippen LogP contribution in [0.5, 0.6) is 0 Å². The van der Waals surface area contributed by atoms with E-state index in [2.05, 4.69) is 75.2 Å². The molecule has 4 aliphatic carbocycles. The monoisotopic (exact) mass is 386 g/mol. The van der Waals surface area contributed by atoms with Gasteiger partial charge in [-0.2, -0.15) is 5.21 Å². The summed E-state index contributed by atoms with van der Waals surface area (Å²) in [5.41, 5.74) is 3.39. The Morgan fingerprint density at radius 2 is 1.59 bits per heavy atom. The number of aromatic nitrogens is 4. The van der Waals surface area contributed by atoms with Crippen molar-refractivity contribution < 1.29 is 5.11 Å². The summed E-state index contributed by atoms with van der Waals surface area (Å²) in [6.45, 7) is 0. The minimum absolute atomic E-state index is 0.0117. The van der Waals surface area contributed by atoms with E-state index < -0.39 is 5.60 Å². The molecule has 5 atom stereocenters. The molecule has 4 fully saturated rings. The molecule has 148 valence electrons. The van der Waals surface area contributed by atoms with Crippen LogP contribution in [0.2, 0.25) is 0 Å². The van der Waals surface area contributed by atoms with Crippen LogP contribution in [0.15, 0.2) is 54.6 Å². The molecule has 1 heterocycles. The van der Waals surface area contributed by atoms with Gasteiger partial charge in [-0.25, -0.2) is 0 Å². The molecule has 4 saturated carbocycles. The lowest BCUT2D eigenvalue weighted by atomic mass is 9.42. The van der Waals surface area contributed by atoms with Gasteiger partial charge in [-0.1, -0.05) is 59.8 Å². The Morgan fingerprint density at radius 1 is 0.897 bits per heavy atom. The number of hydrogen-bond acceptors (Lipinski definition) is 4. The number of tetrazole rings is 1. The van der Waals surface area contributed by atoms with Crippen LogP contribution in [0.1, 0.15) is 43.5 Å². The molecule has 5 nitrogen and oxygen atoms in total. The Hall–Kier alpha value is -2.53. The smallest absolute Gasteiger partial charge is 0.175 e. The molecule has 0 amide bonds. The molecule has 0 spiro atoms. The molecular formula is C24H26N4O. The van der Waals surface area contributed by atoms with Crippen molar-refractivity contribution in [2.24, 2.45) is 17.8 Å². The van der Waals surface area contributed by atoms with Crippen molar-refractivity contribution in [3.63, 3.8) is 0 Å². The minimum Gasteiger partial charge on any atom is -0.390 e. The zero-order chi connectivity index (χ0) is 19.5. The number of nitrogens with zero attached hydrogens (tertiary/aromatic N) is 3. The van der Waals surface area contributed by atoms with E-state index in [-0.39, 0.29) is 5.41 Å². The highest BCUT2D eigenvalue weighted by molar-refractivity contribution is 5.63. The van der Waals surface area contributed by atoms with Gasteiger partial charge < -0.3 is 5.11 Å². The fourth-order valence-electron chi connectivity index (χ4n) is 7.04. The van der Waals surface area contributed by atoms with Crippen molar-refractivity contribution in [3.8, 4) is 11.1 Å². The van der Waals surface area contributed by atoms with Gasteiger partial charge in [0.25, 0.3) is 0 Å². The van der Waals surface area contributed by atoms with Gasteiger partial charge >= 0.3 is 0 Å². The van der Waals surface area contributed by atoms with E-state index in [0.717, 1.165) is 31.5 Å². The summed E-state index contributed by atoms with van der Waals surface area (Å²) >= 11 is 0. The third kappa shape index (κ3) is 2.67. The van der Waals surface area contributed by atoms with E-state index in [4.69, 9.17) is 0 Å². The number of aliphatic hydroxyl groups is 1. The molecule has 0 radical (unpaired) electrons. The van der Waals surface area contributed by atoms with Gasteiger partial charge in [0.05, 0.1) is 5.60 Å². The number of aromatic amines is 1. The second-order valence-corrected chi connectivity index (χ2v) is 9.56. The van der Waals surface area contributed by atoms with Crippen LogP contribution >= 0.6 is 0 Å². The largest absolute Gasteiger partial charge is 0.390 e. The first-order valence-corrected chi connectivity index (χ1v) is 10.8. The number of rotatable bonds is 4. The molecule has 5 heteroatoms. The van der Waals surface area contributed by atoms with Crippen LogP contribution in [-0.4, -0.2) is 31.3 Å². The first kappa shape index (κ1) is 17.3. The van der Waals surface area contributed by atoms with E-state index in [1.807, 2.05) is 0 Å². The van der Waals surface area contributed by atoms with Gasteiger partial charge in [-0.05, 0) is 66.5 Å². The van der Waals surface area contributed by atoms with Gasteiger partial charge in [0.2, 0.25) is 0 Å². The van der Waals surface area contributed by atoms with Crippen molar-refractivity contribution in [2.45, 2.75) is 49.5 Å². The summed E-state index contributed by atoms with van der Waals surface area (Å²) in [6.07, 6.45) is 6.00. The minimum atomic E-state index is -0.457. The molecule has 4 bridgehead atoms. The third-order valence-corrected chi connectivity index (χ3v) is 7.98. The van der Waals surface area contributed by atoms with Crippen LogP contribution < -0.4 is 0 Å². The SMILES string of the molecule is OC12CC3C[C@H](C1)C(Cc1nn[nH]n1)(c1ccc(-c4ccccc4)cc1)[C@@H](C3)C2. The molecule has 1 aromatic heterocycles. The number of H-pyrrole nitrogens is 1. The Morgan fingerprint density at radius 3 is 2.21 bits per heavy atom. The number of benzene rings is 2. The van der Waals surface area contributed by atoms with Gasteiger partial charge in [0.1, 0.15) is 0 Å². The Bertz CT molecular complexity index is 983. The van der Waals surface area contributed by atoms with Gasteiger partial charge in [0, 0.05) is 11.8 Å². The average Bonchev–Trinajstić information content (AvgIpc) is 3.23. The Balaban J connectivity index is 1.43. The highest BCUT2D eigenvalue weighted by Crippen LogP contribution is 2.65. The standard InChI is InChI=1S/C24H26N4O/c29-23-12-16-10-20(13-23)24(21(11-16)14-23,15-22-25-27-28-26-22)19-8-6-18(7-9-19)17-4-2-1-3-5-17/h1-9,16,20-21,29H,10-15H2,(H,25,26,27,28)/t16?,20-,21+,23?,24?. The molecule has 7 rings (SSSR count). The van der Waals surface area contributed by atoms with E-state index >= 15 is 0 Å². The average molecular weight is 386 g/mol. The van der Waals surface area contributed by atoms with Crippen molar-refractivity contribution in [3.05, 3.63) is 66.0 Å². The zero-order valence-corrected chi connectivity index (χ0v) is 16.5. The lowest BCUT2D eigenvalue weighted by Gasteiger charge is -2.64. The topological polar surface area (TPSA) is 74.7 Å². The first-order chi connectivity index (χ1) is 14.1. The van der Waals surface area contributed by atoms with Crippen molar-refractivity contribution in [1.29, 1.82) is 0 Å². The molecule has 3 aromatic rings. The summed E-state index contributed by atoms with van der Waals surface area (Å²) in [6, 6.07) is 19.7. The quantitative estimate of drug-likeness (QED) is 0.713. The Kier molecular flexibility index (Phi) is 3.73. The van der Waals surface area contributed by atoms with Crippen LogP contribution in [0, 0.1) is 17.8 Å². The maximum atomic E-state index is 11.2. The molecule has 29 heavy (non-hydrogen) atoms. The van der Waals surface area contributed by atoms with Crippen molar-refractivity contribution in [1.82, 2.24) is 20.6 Å². The zero-order valence-electron chi connectivity index (χ0n) is 16.5. The summed E-state index contributed by atoms with van der Waals surface area (Å²) in [5.74, 6) is 2.40. The van der Waals surface area contributed by atoms with Gasteiger partial charge in [-0.3, -0.25) is 0 Å². The molecular weight excluding hydrogens is 360 g/mol. The van der Waals surface area contributed by atoms with E-state index in [0.29, 0.717) is 17.8 Å². The summed E-state index contributed by atoms with van der Waals surface area (Å²) < 4.78 is 0. The normalized spacial score (nSPS) is 35.1. The predicted octanol–water partition coefficient (Wildman–Crippen LogP) is 3.92. The van der Waals surface area contributed by atoms with E-state index in [9.17, 15) is 5.11 Å². The second kappa shape index (κ2) is 6.23. The maximum absolute atomic E-state index is 11.2. The molecule has 4 aliphatic rings. The van der Waals surface area contributed by atoms with Crippen LogP contribution in [-0.2, 0) is 11.8 Å². The van der Waals surface area contributed by atoms with E-state index in [1.54, 1.807) is 0 Å². The number of hydrogen-bond donors (Lipinski definition) is 2. The second-order valence-electron chi connectivity index (χ2n) is 9.56. The molecule has 3 unspecified atom stereocenters. The summed E-state index contributed by atoms with van der Waals surface area (Å²) in [7, 11) is 0. The predicted molar refractivity (Wildman–Crippen MR) is 110 cm³/mol. The lowest BCUT2D eigenvalue weighted by Crippen LogP contribution is -2.62. The Labute approximate surface area is 170 Å². The van der Waals surface area contributed by atoms with Crippen molar-refractivity contribution in [2.75, 3.05) is 0 Å². The summed E-state index contributed by atoms with van der Waals surface area (Å²) in [5, 5.41) is 26.2. The fraction of sp³-hybridized carbons (Fsp3) is 0.458. The fourth-order valence-corrected chi connectivity index (χ4v) is 7.04. The third-order valence-electron chi connectivity index (χ3n) is 7.98. The molecule has 0 aliphatic heterocycles. The van der Waals surface area contributed by atoms with Gasteiger partial charge in [0.15, 0.2) is 5.82 Å². The maximum Gasteiger partial charge on any atom is 0.175 e. The molecule has 2 aromatic carbocycles. The molecule has 2 N–H and O–H groups in total. The van der Waals surface area contributed by atoms with Gasteiger partial charge in [-0.15, -0.1) is 10.2 Å². The van der Waals surface area contributed by atoms with Crippen LogP contribution in [0.25, 0.3) is 11.1 Å². The van der Waals surface area contributed by atoms with E-state index in [1.165, 1.54) is 29.5 Å². The van der Waals surface area contributed by atoms with Crippen LogP contribution in [0.4, 0.5) is 0 Å². The summed E-state index contributed by atoms with van der Waals surface area (Å²) in [4.78, 5) is 0.